The van der Waals surface area contributed by atoms with Gasteiger partial charge in [0.05, 0.1) is 24.7 Å². The summed E-state index contributed by atoms with van der Waals surface area (Å²) in [7, 11) is 0. The van der Waals surface area contributed by atoms with Gasteiger partial charge in [0, 0.05) is 13.1 Å². The molecule has 1 aliphatic heterocycles. The van der Waals surface area contributed by atoms with Gasteiger partial charge in [-0.1, -0.05) is 6.92 Å². The third kappa shape index (κ3) is 3.59. The summed E-state index contributed by atoms with van der Waals surface area (Å²) in [5.74, 6) is -1.49. The molecule has 0 aromatic heterocycles. The van der Waals surface area contributed by atoms with Crippen molar-refractivity contribution in [2.24, 2.45) is 5.92 Å². The van der Waals surface area contributed by atoms with E-state index in [9.17, 15) is 9.59 Å². The Balaban J connectivity index is 2.49. The summed E-state index contributed by atoms with van der Waals surface area (Å²) in [6.45, 7) is 7.09. The Bertz CT molecular complexity index is 304. The first-order valence-electron chi connectivity index (χ1n) is 5.70. The second-order valence-electron chi connectivity index (χ2n) is 4.94. The molecule has 0 aliphatic carbocycles. The summed E-state index contributed by atoms with van der Waals surface area (Å²) in [4.78, 5) is 24.2. The van der Waals surface area contributed by atoms with E-state index in [1.165, 1.54) is 0 Å². The number of aliphatic carboxylic acids is 1. The number of ether oxygens (including phenoxy) is 1. The summed E-state index contributed by atoms with van der Waals surface area (Å²) in [5, 5.41) is 11.4. The maximum atomic E-state index is 11.9. The second-order valence-corrected chi connectivity index (χ2v) is 4.94. The molecule has 2 N–H and O–H groups in total. The molecule has 1 heterocycles. The number of hydrogen-bond donors (Lipinski definition) is 2. The number of nitrogens with one attached hydrogen (secondary N) is 1. The highest BCUT2D eigenvalue weighted by molar-refractivity contribution is 5.76. The molecular formula is C11H20N2O4. The standard InChI is InChI=1S/C11H20N2O4/c1-8(9(14)15)6-12-10(16)13-4-5-17-7-11(13,2)3/h8H,4-7H2,1-3H3,(H,12,16)(H,14,15). The van der Waals surface area contributed by atoms with Gasteiger partial charge in [-0.15, -0.1) is 0 Å². The minimum Gasteiger partial charge on any atom is -0.481 e. The van der Waals surface area contributed by atoms with Gasteiger partial charge in [-0.2, -0.15) is 0 Å². The van der Waals surface area contributed by atoms with Gasteiger partial charge in [-0.05, 0) is 13.8 Å². The van der Waals surface area contributed by atoms with Crippen LogP contribution >= 0.6 is 0 Å². The van der Waals surface area contributed by atoms with Crippen LogP contribution in [0.15, 0.2) is 0 Å². The molecule has 98 valence electrons. The first kappa shape index (κ1) is 13.8. The molecule has 1 aliphatic rings. The van der Waals surface area contributed by atoms with Crippen LogP contribution in [0.1, 0.15) is 20.8 Å². The van der Waals surface area contributed by atoms with Crippen molar-refractivity contribution in [2.45, 2.75) is 26.3 Å². The van der Waals surface area contributed by atoms with Crippen molar-refractivity contribution in [3.8, 4) is 0 Å². The topological polar surface area (TPSA) is 78.9 Å². The third-order valence-corrected chi connectivity index (χ3v) is 2.87. The Kier molecular flexibility index (Phi) is 4.34. The lowest BCUT2D eigenvalue weighted by Gasteiger charge is -2.42. The Morgan fingerprint density at radius 2 is 2.18 bits per heavy atom. The number of carbonyl (C=O) groups excluding carboxylic acids is 1. The van der Waals surface area contributed by atoms with Crippen molar-refractivity contribution in [2.75, 3.05) is 26.3 Å². The van der Waals surface area contributed by atoms with Crippen LogP contribution < -0.4 is 5.32 Å². The van der Waals surface area contributed by atoms with E-state index in [1.54, 1.807) is 11.8 Å². The van der Waals surface area contributed by atoms with E-state index < -0.39 is 11.9 Å². The number of carboxylic acids is 1. The van der Waals surface area contributed by atoms with E-state index in [0.29, 0.717) is 19.8 Å². The van der Waals surface area contributed by atoms with Crippen molar-refractivity contribution >= 4 is 12.0 Å². The van der Waals surface area contributed by atoms with E-state index in [0.717, 1.165) is 0 Å². The highest BCUT2D eigenvalue weighted by Gasteiger charge is 2.34. The first-order chi connectivity index (χ1) is 7.84. The summed E-state index contributed by atoms with van der Waals surface area (Å²) in [6, 6.07) is -0.230. The fourth-order valence-corrected chi connectivity index (χ4v) is 1.66. The van der Waals surface area contributed by atoms with Gasteiger partial charge in [-0.3, -0.25) is 4.79 Å². The fraction of sp³-hybridized carbons (Fsp3) is 0.818. The average Bonchev–Trinajstić information content (AvgIpc) is 2.24. The van der Waals surface area contributed by atoms with Crippen LogP contribution in [-0.2, 0) is 9.53 Å². The minimum absolute atomic E-state index is 0.140. The molecule has 0 radical (unpaired) electrons. The largest absolute Gasteiger partial charge is 0.481 e. The average molecular weight is 244 g/mol. The molecule has 6 nitrogen and oxygen atoms in total. The second kappa shape index (κ2) is 5.35. The molecule has 1 atom stereocenters. The number of amides is 2. The summed E-state index contributed by atoms with van der Waals surface area (Å²) in [5.41, 5.74) is -0.352. The molecule has 1 unspecified atom stereocenters. The summed E-state index contributed by atoms with van der Waals surface area (Å²) >= 11 is 0. The zero-order chi connectivity index (χ0) is 13.1. The number of carbonyl (C=O) groups is 2. The highest BCUT2D eigenvalue weighted by atomic mass is 16.5. The van der Waals surface area contributed by atoms with Gasteiger partial charge in [-0.25, -0.2) is 4.79 Å². The van der Waals surface area contributed by atoms with Crippen LogP contribution in [0, 0.1) is 5.92 Å². The molecular weight excluding hydrogens is 224 g/mol. The minimum atomic E-state index is -0.911. The van der Waals surface area contributed by atoms with E-state index in [2.05, 4.69) is 5.32 Å². The van der Waals surface area contributed by atoms with E-state index in [-0.39, 0.29) is 18.1 Å². The van der Waals surface area contributed by atoms with Gasteiger partial charge in [0.25, 0.3) is 0 Å². The van der Waals surface area contributed by atoms with Crippen molar-refractivity contribution in [3.05, 3.63) is 0 Å². The predicted molar refractivity (Wildman–Crippen MR) is 61.8 cm³/mol. The van der Waals surface area contributed by atoms with E-state index in [4.69, 9.17) is 9.84 Å². The van der Waals surface area contributed by atoms with Crippen LogP contribution in [0.4, 0.5) is 4.79 Å². The fourth-order valence-electron chi connectivity index (χ4n) is 1.66. The Morgan fingerprint density at radius 3 is 2.71 bits per heavy atom. The van der Waals surface area contributed by atoms with Gasteiger partial charge in [0.2, 0.25) is 0 Å². The quantitative estimate of drug-likeness (QED) is 0.759. The molecule has 6 heteroatoms. The van der Waals surface area contributed by atoms with Gasteiger partial charge in [0.15, 0.2) is 0 Å². The molecule has 1 fully saturated rings. The molecule has 2 amide bonds. The number of hydrogen-bond acceptors (Lipinski definition) is 3. The maximum Gasteiger partial charge on any atom is 0.318 e. The van der Waals surface area contributed by atoms with Crippen LogP contribution in [0.5, 0.6) is 0 Å². The zero-order valence-electron chi connectivity index (χ0n) is 10.5. The maximum absolute atomic E-state index is 11.9. The molecule has 1 saturated heterocycles. The third-order valence-electron chi connectivity index (χ3n) is 2.87. The molecule has 0 spiro atoms. The summed E-state index contributed by atoms with van der Waals surface area (Å²) in [6.07, 6.45) is 0. The van der Waals surface area contributed by atoms with E-state index in [1.807, 2.05) is 13.8 Å². The monoisotopic (exact) mass is 244 g/mol. The Hall–Kier alpha value is -1.30. The molecule has 0 aromatic carbocycles. The smallest absolute Gasteiger partial charge is 0.318 e. The van der Waals surface area contributed by atoms with Crippen molar-refractivity contribution in [3.63, 3.8) is 0 Å². The van der Waals surface area contributed by atoms with Crippen LogP contribution in [0.3, 0.4) is 0 Å². The number of carboxylic acid groups (broad SMARTS) is 1. The van der Waals surface area contributed by atoms with Gasteiger partial charge < -0.3 is 20.1 Å². The van der Waals surface area contributed by atoms with Gasteiger partial charge >= 0.3 is 12.0 Å². The van der Waals surface area contributed by atoms with Crippen LogP contribution in [-0.4, -0.2) is 53.8 Å². The molecule has 17 heavy (non-hydrogen) atoms. The number of rotatable bonds is 3. The van der Waals surface area contributed by atoms with Crippen molar-refractivity contribution in [1.29, 1.82) is 0 Å². The normalized spacial score (nSPS) is 20.8. The van der Waals surface area contributed by atoms with Crippen molar-refractivity contribution in [1.82, 2.24) is 10.2 Å². The lowest BCUT2D eigenvalue weighted by Crippen LogP contribution is -2.58. The Morgan fingerprint density at radius 1 is 1.53 bits per heavy atom. The Labute approximate surface area is 101 Å². The molecule has 0 aromatic rings. The van der Waals surface area contributed by atoms with Crippen LogP contribution in [0.25, 0.3) is 0 Å². The SMILES string of the molecule is CC(CNC(=O)N1CCOCC1(C)C)C(=O)O. The van der Waals surface area contributed by atoms with E-state index >= 15 is 0 Å². The summed E-state index contributed by atoms with van der Waals surface area (Å²) < 4.78 is 5.31. The zero-order valence-corrected chi connectivity index (χ0v) is 10.5. The molecule has 0 bridgehead atoms. The first-order valence-corrected chi connectivity index (χ1v) is 5.70. The lowest BCUT2D eigenvalue weighted by molar-refractivity contribution is -0.140. The van der Waals surface area contributed by atoms with Gasteiger partial charge in [0.1, 0.15) is 0 Å². The number of urea groups is 1. The highest BCUT2D eigenvalue weighted by Crippen LogP contribution is 2.18. The molecule has 0 saturated carbocycles. The van der Waals surface area contributed by atoms with Crippen LogP contribution in [0.2, 0.25) is 0 Å². The number of nitrogens with zero attached hydrogens (tertiary/aromatic N) is 1. The molecule has 1 rings (SSSR count). The predicted octanol–water partition coefficient (Wildman–Crippen LogP) is 0.527. The van der Waals surface area contributed by atoms with Crippen molar-refractivity contribution < 1.29 is 19.4 Å². The lowest BCUT2D eigenvalue weighted by atomic mass is 10.0. The number of morpholine rings is 1.